The van der Waals surface area contributed by atoms with Gasteiger partial charge in [0.05, 0.1) is 12.8 Å². The lowest BCUT2D eigenvalue weighted by Crippen LogP contribution is -2.33. The van der Waals surface area contributed by atoms with Crippen molar-refractivity contribution in [3.8, 4) is 0 Å². The number of hydrogen-bond donors (Lipinski definition) is 0. The van der Waals surface area contributed by atoms with E-state index in [0.717, 1.165) is 12.6 Å². The highest BCUT2D eigenvalue weighted by Gasteiger charge is 2.44. The van der Waals surface area contributed by atoms with Gasteiger partial charge in [0.2, 0.25) is 0 Å². The van der Waals surface area contributed by atoms with Gasteiger partial charge in [0.25, 0.3) is 0 Å². The van der Waals surface area contributed by atoms with Crippen LogP contribution < -0.4 is 15.9 Å². The van der Waals surface area contributed by atoms with E-state index in [2.05, 4.69) is 91.0 Å². The van der Waals surface area contributed by atoms with Crippen molar-refractivity contribution in [2.24, 2.45) is 0 Å². The smallest absolute Gasteiger partial charge is 0.146 e. The monoisotopic (exact) mass is 365 g/mol. The first-order valence-corrected chi connectivity index (χ1v) is 11.0. The molecule has 0 fully saturated rings. The second-order valence-corrected chi connectivity index (χ2v) is 9.82. The summed E-state index contributed by atoms with van der Waals surface area (Å²) in [6, 6.07) is 32.9. The molecule has 3 rings (SSSR count). The Kier molecular flexibility index (Phi) is 6.96. The lowest BCUT2D eigenvalue weighted by Gasteiger charge is -2.27. The van der Waals surface area contributed by atoms with Crippen LogP contribution in [0.15, 0.2) is 91.0 Å². The first-order valence-electron chi connectivity index (χ1n) is 8.99. The Bertz CT molecular complexity index is 663. The van der Waals surface area contributed by atoms with E-state index in [0.29, 0.717) is 13.4 Å². The lowest BCUT2D eigenvalue weighted by atomic mass is 10.4. The molecule has 0 aliphatic heterocycles. The highest BCUT2D eigenvalue weighted by molar-refractivity contribution is 7.95. The van der Waals surface area contributed by atoms with Gasteiger partial charge in [-0.1, -0.05) is 54.6 Å². The molecule has 2 nitrogen and oxygen atoms in total. The molecule has 0 aromatic heterocycles. The fourth-order valence-corrected chi connectivity index (χ4v) is 7.74. The van der Waals surface area contributed by atoms with E-state index in [-0.39, 0.29) is 0 Å². The maximum atomic E-state index is 5.58. The molecule has 0 aliphatic rings. The zero-order valence-electron chi connectivity index (χ0n) is 15.3. The number of hydrogen-bond acceptors (Lipinski definition) is 2. The van der Waals surface area contributed by atoms with Crippen LogP contribution in [0.3, 0.4) is 0 Å². The molecule has 0 unspecified atom stereocenters. The quantitative estimate of drug-likeness (QED) is 0.324. The van der Waals surface area contributed by atoms with Crippen LogP contribution in [0.2, 0.25) is 0 Å². The zero-order valence-corrected chi connectivity index (χ0v) is 16.1. The summed E-state index contributed by atoms with van der Waals surface area (Å²) >= 11 is 0. The summed E-state index contributed by atoms with van der Waals surface area (Å²) < 4.78 is 10.6. The summed E-state index contributed by atoms with van der Waals surface area (Å²) in [5, 5.41) is 4.26. The molecule has 3 aromatic rings. The molecule has 26 heavy (non-hydrogen) atoms. The molecule has 0 saturated carbocycles. The van der Waals surface area contributed by atoms with Gasteiger partial charge >= 0.3 is 0 Å². The van der Waals surface area contributed by atoms with Crippen molar-refractivity contribution < 1.29 is 9.47 Å². The van der Waals surface area contributed by atoms with Crippen LogP contribution in [0, 0.1) is 0 Å². The molecule has 0 spiro atoms. The average molecular weight is 365 g/mol. The van der Waals surface area contributed by atoms with Crippen molar-refractivity contribution in [2.75, 3.05) is 26.7 Å². The molecule has 0 heterocycles. The molecular weight excluding hydrogens is 339 g/mol. The summed E-state index contributed by atoms with van der Waals surface area (Å²) in [7, 11) is -0.0608. The largest absolute Gasteiger partial charge is 0.359 e. The van der Waals surface area contributed by atoms with Crippen molar-refractivity contribution in [1.82, 2.24) is 0 Å². The predicted octanol–water partition coefficient (Wildman–Crippen LogP) is 3.99. The highest BCUT2D eigenvalue weighted by atomic mass is 31.2. The fourth-order valence-electron chi connectivity index (χ4n) is 3.43. The van der Waals surface area contributed by atoms with Gasteiger partial charge in [-0.3, -0.25) is 0 Å². The minimum Gasteiger partial charge on any atom is -0.359 e. The molecule has 0 amide bonds. The molecule has 3 heteroatoms. The van der Waals surface area contributed by atoms with E-state index < -0.39 is 7.26 Å². The third kappa shape index (κ3) is 4.22. The van der Waals surface area contributed by atoms with Gasteiger partial charge in [0, 0.05) is 13.5 Å². The van der Waals surface area contributed by atoms with Crippen LogP contribution in [-0.2, 0) is 9.47 Å². The maximum absolute atomic E-state index is 5.58. The Morgan fingerprint density at radius 2 is 1.08 bits per heavy atom. The van der Waals surface area contributed by atoms with Crippen molar-refractivity contribution in [1.29, 1.82) is 0 Å². The second kappa shape index (κ2) is 9.64. The second-order valence-electron chi connectivity index (χ2n) is 6.21. The SMILES string of the molecule is COCOCCC[P+](c1ccccc1)(c1ccccc1)c1ccccc1. The van der Waals surface area contributed by atoms with E-state index in [9.17, 15) is 0 Å². The molecule has 0 aliphatic carbocycles. The van der Waals surface area contributed by atoms with E-state index >= 15 is 0 Å². The number of methoxy groups -OCH3 is 1. The summed E-state index contributed by atoms with van der Waals surface area (Å²) in [6.07, 6.45) is 2.07. The first-order chi connectivity index (χ1) is 12.9. The average Bonchev–Trinajstić information content (AvgIpc) is 2.73. The van der Waals surface area contributed by atoms with Crippen LogP contribution >= 0.6 is 7.26 Å². The highest BCUT2D eigenvalue weighted by Crippen LogP contribution is 2.55. The van der Waals surface area contributed by atoms with Gasteiger partial charge in [-0.15, -0.1) is 0 Å². The zero-order chi connectivity index (χ0) is 18.1. The molecule has 0 N–H and O–H groups in total. The fraction of sp³-hybridized carbons (Fsp3) is 0.217. The van der Waals surface area contributed by atoms with Gasteiger partial charge in [-0.25, -0.2) is 0 Å². The van der Waals surface area contributed by atoms with Crippen LogP contribution in [-0.4, -0.2) is 26.7 Å². The first kappa shape index (κ1) is 18.8. The van der Waals surface area contributed by atoms with Crippen LogP contribution in [0.25, 0.3) is 0 Å². The van der Waals surface area contributed by atoms with Crippen molar-refractivity contribution in [3.05, 3.63) is 91.0 Å². The Balaban J connectivity index is 2.06. The van der Waals surface area contributed by atoms with E-state index in [1.165, 1.54) is 15.9 Å². The molecule has 134 valence electrons. The van der Waals surface area contributed by atoms with Crippen LogP contribution in [0.1, 0.15) is 6.42 Å². The van der Waals surface area contributed by atoms with Crippen molar-refractivity contribution in [2.45, 2.75) is 6.42 Å². The molecule has 0 bridgehead atoms. The molecule has 0 atom stereocenters. The van der Waals surface area contributed by atoms with E-state index in [1.54, 1.807) is 7.11 Å². The Labute approximate surface area is 157 Å². The van der Waals surface area contributed by atoms with Gasteiger partial charge in [0.1, 0.15) is 30.0 Å². The summed E-state index contributed by atoms with van der Waals surface area (Å²) in [5.41, 5.74) is 0. The number of benzene rings is 3. The maximum Gasteiger partial charge on any atom is 0.146 e. The summed E-state index contributed by atoms with van der Waals surface area (Å²) in [5.74, 6) is 0. The van der Waals surface area contributed by atoms with E-state index in [1.807, 2.05) is 0 Å². The van der Waals surface area contributed by atoms with Crippen molar-refractivity contribution >= 4 is 23.2 Å². The van der Waals surface area contributed by atoms with Gasteiger partial charge < -0.3 is 9.47 Å². The summed E-state index contributed by atoms with van der Waals surface area (Å²) in [6.45, 7) is 1.07. The number of ether oxygens (including phenoxy) is 2. The molecule has 0 saturated heterocycles. The molecule has 0 radical (unpaired) electrons. The third-order valence-electron chi connectivity index (χ3n) is 4.57. The lowest BCUT2D eigenvalue weighted by molar-refractivity contribution is -0.0298. The standard InChI is InChI=1S/C23H26O2P/c1-24-20-25-18-11-19-26(21-12-5-2-6-13-21,22-14-7-3-8-15-22)23-16-9-4-10-17-23/h2-10,12-17H,11,18-20H2,1H3/q+1. The van der Waals surface area contributed by atoms with Gasteiger partial charge in [-0.05, 0) is 36.4 Å². The van der Waals surface area contributed by atoms with E-state index in [4.69, 9.17) is 9.47 Å². The predicted molar refractivity (Wildman–Crippen MR) is 112 cm³/mol. The molecule has 3 aromatic carbocycles. The minimum absolute atomic E-state index is 0.355. The van der Waals surface area contributed by atoms with Crippen LogP contribution in [0.4, 0.5) is 0 Å². The van der Waals surface area contributed by atoms with Gasteiger partial charge in [-0.2, -0.15) is 0 Å². The minimum atomic E-state index is -1.72. The Morgan fingerprint density at radius 3 is 1.46 bits per heavy atom. The molecular formula is C23H26O2P+. The van der Waals surface area contributed by atoms with Gasteiger partial charge in [0.15, 0.2) is 0 Å². The number of rotatable bonds is 9. The Morgan fingerprint density at radius 1 is 0.654 bits per heavy atom. The topological polar surface area (TPSA) is 18.5 Å². The summed E-state index contributed by atoms with van der Waals surface area (Å²) in [4.78, 5) is 0. The van der Waals surface area contributed by atoms with Crippen molar-refractivity contribution in [3.63, 3.8) is 0 Å². The van der Waals surface area contributed by atoms with Crippen LogP contribution in [0.5, 0.6) is 0 Å². The Hall–Kier alpha value is -1.99. The third-order valence-corrected chi connectivity index (χ3v) is 9.10. The normalized spacial score (nSPS) is 11.4.